The highest BCUT2D eigenvalue weighted by atomic mass is 32.1. The van der Waals surface area contributed by atoms with Crippen LogP contribution < -0.4 is 10.3 Å². The lowest BCUT2D eigenvalue weighted by Crippen LogP contribution is -2.70. The predicted octanol–water partition coefficient (Wildman–Crippen LogP) is 1.57. The molecule has 2 aromatic rings. The molecule has 3 nitrogen and oxygen atoms in total. The van der Waals surface area contributed by atoms with Gasteiger partial charge >= 0.3 is 5.90 Å². The van der Waals surface area contributed by atoms with E-state index in [2.05, 4.69) is 22.2 Å². The standard InChI is InChI=1S/C17H16N2OS/c20-17(16-4-1-11-18-16)19-14-8-5-13(6-9-14)7-10-15-3-2-12-21-15/h2-3,5-6,8-9,12,16,18H,1,4,11H2,(H,19,20)/p+1/t16-/m1/s1. The first kappa shape index (κ1) is 13.9. The summed E-state index contributed by atoms with van der Waals surface area (Å²) in [4.78, 5) is 4.11. The molecule has 0 radical (unpaired) electrons. The van der Waals surface area contributed by atoms with Gasteiger partial charge in [0.25, 0.3) is 0 Å². The van der Waals surface area contributed by atoms with Gasteiger partial charge in [-0.05, 0) is 43.0 Å². The average Bonchev–Trinajstić information content (AvgIpc) is 3.20. The molecule has 3 rings (SSSR count). The van der Waals surface area contributed by atoms with Crippen molar-refractivity contribution in [2.45, 2.75) is 18.9 Å². The number of hydrogen-bond acceptors (Lipinski definition) is 2. The van der Waals surface area contributed by atoms with Crippen LogP contribution in [0.3, 0.4) is 0 Å². The minimum Gasteiger partial charge on any atom is -0.462 e. The molecule has 0 aliphatic carbocycles. The Morgan fingerprint density at radius 1 is 1.24 bits per heavy atom. The van der Waals surface area contributed by atoms with E-state index in [9.17, 15) is 5.11 Å². The molecule has 0 bridgehead atoms. The van der Waals surface area contributed by atoms with Crippen LogP contribution in [0.5, 0.6) is 0 Å². The first-order valence-electron chi connectivity index (χ1n) is 7.03. The molecule has 0 saturated carbocycles. The van der Waals surface area contributed by atoms with Crippen molar-refractivity contribution >= 4 is 22.9 Å². The molecular formula is C17H17N2OS+. The van der Waals surface area contributed by atoms with Crippen molar-refractivity contribution in [1.82, 2.24) is 5.32 Å². The van der Waals surface area contributed by atoms with Gasteiger partial charge in [-0.2, -0.15) is 4.99 Å². The maximum absolute atomic E-state index is 10.0. The molecule has 1 aromatic heterocycles. The summed E-state index contributed by atoms with van der Waals surface area (Å²) in [6.45, 7) is 0.966. The second-order valence-corrected chi connectivity index (χ2v) is 5.91. The van der Waals surface area contributed by atoms with E-state index < -0.39 is 0 Å². The van der Waals surface area contributed by atoms with Crippen LogP contribution in [0, 0.1) is 11.8 Å². The molecule has 0 spiro atoms. The second-order valence-electron chi connectivity index (χ2n) is 4.96. The number of thiophene rings is 1. The number of aliphatic hydroxyl groups excluding tert-OH is 1. The van der Waals surface area contributed by atoms with Crippen molar-refractivity contribution in [2.24, 2.45) is 0 Å². The van der Waals surface area contributed by atoms with Gasteiger partial charge in [0.1, 0.15) is 6.04 Å². The topological polar surface area (TPSA) is 46.2 Å². The predicted molar refractivity (Wildman–Crippen MR) is 86.0 cm³/mol. The summed E-state index contributed by atoms with van der Waals surface area (Å²) in [5.74, 6) is 6.56. The highest BCUT2D eigenvalue weighted by Crippen LogP contribution is 2.08. The van der Waals surface area contributed by atoms with Crippen LogP contribution in [-0.2, 0) is 0 Å². The summed E-state index contributed by atoms with van der Waals surface area (Å²) in [5.41, 5.74) is 1.84. The van der Waals surface area contributed by atoms with E-state index >= 15 is 0 Å². The van der Waals surface area contributed by atoms with E-state index in [0.717, 1.165) is 35.5 Å². The highest BCUT2D eigenvalue weighted by Gasteiger charge is 2.24. The molecule has 1 saturated heterocycles. The minimum atomic E-state index is 0.0586. The molecular weight excluding hydrogens is 280 g/mol. The summed E-state index contributed by atoms with van der Waals surface area (Å²) >= 11 is 1.64. The van der Waals surface area contributed by atoms with Crippen molar-refractivity contribution in [3.05, 3.63) is 52.2 Å². The van der Waals surface area contributed by atoms with Crippen molar-refractivity contribution in [3.63, 3.8) is 0 Å². The summed E-state index contributed by atoms with van der Waals surface area (Å²) in [5, 5.41) is 15.3. The van der Waals surface area contributed by atoms with Crippen LogP contribution in [0.4, 0.5) is 5.69 Å². The normalized spacial score (nSPS) is 18.3. The minimum absolute atomic E-state index is 0.0586. The van der Waals surface area contributed by atoms with Crippen LogP contribution in [0.1, 0.15) is 23.3 Å². The molecule has 1 aliphatic heterocycles. The summed E-state index contributed by atoms with van der Waals surface area (Å²) < 4.78 is 0. The zero-order chi connectivity index (χ0) is 14.5. The van der Waals surface area contributed by atoms with Crippen LogP contribution in [0.25, 0.3) is 0 Å². The van der Waals surface area contributed by atoms with Gasteiger partial charge in [-0.3, -0.25) is 0 Å². The molecule has 1 atom stereocenters. The fraction of sp³-hybridized carbons (Fsp3) is 0.235. The molecule has 1 aromatic carbocycles. The van der Waals surface area contributed by atoms with E-state index in [-0.39, 0.29) is 6.04 Å². The maximum Gasteiger partial charge on any atom is 0.355 e. The quantitative estimate of drug-likeness (QED) is 0.448. The molecule has 3 N–H and O–H groups in total. The monoisotopic (exact) mass is 297 g/mol. The molecule has 1 aliphatic rings. The average molecular weight is 297 g/mol. The molecule has 4 heteroatoms. The number of rotatable bonds is 2. The second kappa shape index (κ2) is 6.57. The van der Waals surface area contributed by atoms with E-state index in [1.807, 2.05) is 41.8 Å². The van der Waals surface area contributed by atoms with Gasteiger partial charge in [-0.25, -0.2) is 0 Å². The fourth-order valence-corrected chi connectivity index (χ4v) is 2.84. The molecule has 106 valence electrons. The lowest BCUT2D eigenvalue weighted by atomic mass is 10.2. The van der Waals surface area contributed by atoms with E-state index in [1.165, 1.54) is 0 Å². The summed E-state index contributed by atoms with van der Waals surface area (Å²) in [6.07, 6.45) is 2.08. The van der Waals surface area contributed by atoms with Gasteiger partial charge in [-0.1, -0.05) is 17.9 Å². The van der Waals surface area contributed by atoms with Crippen LogP contribution in [0.15, 0.2) is 41.8 Å². The molecule has 0 unspecified atom stereocenters. The Balaban J connectivity index is 1.70. The highest BCUT2D eigenvalue weighted by molar-refractivity contribution is 7.10. The zero-order valence-electron chi connectivity index (χ0n) is 11.6. The van der Waals surface area contributed by atoms with Gasteiger partial charge in [0.15, 0.2) is 0 Å². The maximum atomic E-state index is 10.0. The third-order valence-corrected chi connectivity index (χ3v) is 4.18. The Kier molecular flexibility index (Phi) is 4.34. The van der Waals surface area contributed by atoms with Crippen LogP contribution in [-0.4, -0.2) is 23.6 Å². The van der Waals surface area contributed by atoms with Gasteiger partial charge < -0.3 is 10.4 Å². The smallest absolute Gasteiger partial charge is 0.355 e. The lowest BCUT2D eigenvalue weighted by Gasteiger charge is -2.01. The van der Waals surface area contributed by atoms with Gasteiger partial charge in [-0.15, -0.1) is 11.3 Å². The number of hydrogen-bond donors (Lipinski definition) is 3. The van der Waals surface area contributed by atoms with E-state index in [4.69, 9.17) is 0 Å². The van der Waals surface area contributed by atoms with Gasteiger partial charge in [0.2, 0.25) is 5.69 Å². The Bertz CT molecular complexity index is 672. The van der Waals surface area contributed by atoms with Gasteiger partial charge in [0, 0.05) is 17.7 Å². The van der Waals surface area contributed by atoms with E-state index in [0.29, 0.717) is 5.90 Å². The number of nitrogens with one attached hydrogen (secondary N) is 2. The summed E-state index contributed by atoms with van der Waals surface area (Å²) in [6, 6.07) is 11.8. The van der Waals surface area contributed by atoms with Crippen LogP contribution >= 0.6 is 11.3 Å². The largest absolute Gasteiger partial charge is 0.462 e. The van der Waals surface area contributed by atoms with Crippen molar-refractivity contribution in [1.29, 1.82) is 0 Å². The van der Waals surface area contributed by atoms with Gasteiger partial charge in [0.05, 0.1) is 4.88 Å². The van der Waals surface area contributed by atoms with Crippen LogP contribution in [0.2, 0.25) is 0 Å². The molecule has 1 fully saturated rings. The van der Waals surface area contributed by atoms with Crippen molar-refractivity contribution in [3.8, 4) is 11.8 Å². The SMILES string of the molecule is OC(=[NH+]c1ccc(C#Cc2cccs2)cc1)[C@H]1CCCN1. The third-order valence-electron chi connectivity index (χ3n) is 3.40. The Morgan fingerprint density at radius 3 is 2.76 bits per heavy atom. The Morgan fingerprint density at radius 2 is 2.10 bits per heavy atom. The lowest BCUT2D eigenvalue weighted by molar-refractivity contribution is -0.368. The zero-order valence-corrected chi connectivity index (χ0v) is 12.4. The number of benzene rings is 1. The Hall–Kier alpha value is -2.09. The summed E-state index contributed by atoms with van der Waals surface area (Å²) in [7, 11) is 0. The molecule has 2 heterocycles. The fourth-order valence-electron chi connectivity index (χ4n) is 2.27. The number of aliphatic hydroxyl groups is 1. The first-order valence-corrected chi connectivity index (χ1v) is 7.91. The van der Waals surface area contributed by atoms with Crippen molar-refractivity contribution in [2.75, 3.05) is 6.54 Å². The Labute approximate surface area is 128 Å². The van der Waals surface area contributed by atoms with Crippen molar-refractivity contribution < 1.29 is 10.1 Å². The molecule has 21 heavy (non-hydrogen) atoms. The first-order chi connectivity index (χ1) is 10.3. The third kappa shape index (κ3) is 3.72. The van der Waals surface area contributed by atoms with E-state index in [1.54, 1.807) is 11.3 Å². The molecule has 0 amide bonds.